The van der Waals surface area contributed by atoms with Crippen LogP contribution in [0.2, 0.25) is 0 Å². The third kappa shape index (κ3) is 3.23. The van der Waals surface area contributed by atoms with E-state index in [1.807, 2.05) is 0 Å². The highest BCUT2D eigenvalue weighted by Crippen LogP contribution is 2.40. The number of carbonyl (C=O) groups is 1. The molecule has 114 valence electrons. The predicted molar refractivity (Wildman–Crippen MR) is 73.7 cm³/mol. The maximum atomic E-state index is 13.3. The minimum Gasteiger partial charge on any atom is -0.481 e. The van der Waals surface area contributed by atoms with Crippen LogP contribution in [0, 0.1) is 17.6 Å². The van der Waals surface area contributed by atoms with Gasteiger partial charge in [-0.25, -0.2) is 8.78 Å². The molecule has 21 heavy (non-hydrogen) atoms. The Bertz CT molecular complexity index is 515. The number of aliphatic carboxylic acids is 1. The number of hydrogen-bond donors (Lipinski definition) is 1. The molecule has 1 N–H and O–H groups in total. The van der Waals surface area contributed by atoms with Gasteiger partial charge in [-0.05, 0) is 49.3 Å². The second-order valence-electron chi connectivity index (χ2n) is 6.27. The molecule has 5 heteroatoms. The quantitative estimate of drug-likeness (QED) is 0.927. The Kier molecular flexibility index (Phi) is 3.93. The van der Waals surface area contributed by atoms with E-state index in [0.717, 1.165) is 31.7 Å². The normalized spacial score (nSPS) is 28.8. The number of fused-ring (bicyclic) bond motifs is 2. The van der Waals surface area contributed by atoms with Crippen LogP contribution in [0.5, 0.6) is 0 Å². The lowest BCUT2D eigenvalue weighted by Crippen LogP contribution is -2.42. The van der Waals surface area contributed by atoms with Gasteiger partial charge < -0.3 is 5.11 Å². The van der Waals surface area contributed by atoms with Crippen LogP contribution in [0.3, 0.4) is 0 Å². The highest BCUT2D eigenvalue weighted by molar-refractivity contribution is 5.67. The second-order valence-corrected chi connectivity index (χ2v) is 6.27. The van der Waals surface area contributed by atoms with Crippen LogP contribution in [0.15, 0.2) is 18.2 Å². The standard InChI is InChI=1S/C16H19F2NO2/c17-12-3-11(4-13(18)8-12)9-19-14-1-2-15(19)6-10(5-14)7-16(20)21/h3-4,8,10,14-15H,1-2,5-7,9H2,(H,20,21). The van der Waals surface area contributed by atoms with Crippen LogP contribution >= 0.6 is 0 Å². The van der Waals surface area contributed by atoms with Gasteiger partial charge in [0.2, 0.25) is 0 Å². The first-order valence-electron chi connectivity index (χ1n) is 7.44. The summed E-state index contributed by atoms with van der Waals surface area (Å²) in [7, 11) is 0. The van der Waals surface area contributed by atoms with Crippen molar-refractivity contribution in [2.45, 2.75) is 50.7 Å². The highest BCUT2D eigenvalue weighted by atomic mass is 19.1. The van der Waals surface area contributed by atoms with Crippen LogP contribution in [0.25, 0.3) is 0 Å². The largest absolute Gasteiger partial charge is 0.481 e. The number of rotatable bonds is 4. The zero-order valence-electron chi connectivity index (χ0n) is 11.8. The number of nitrogens with zero attached hydrogens (tertiary/aromatic N) is 1. The Morgan fingerprint density at radius 3 is 2.24 bits per heavy atom. The molecule has 2 bridgehead atoms. The van der Waals surface area contributed by atoms with E-state index in [1.54, 1.807) is 0 Å². The molecule has 2 aliphatic rings. The topological polar surface area (TPSA) is 40.5 Å². The van der Waals surface area contributed by atoms with Gasteiger partial charge in [-0.15, -0.1) is 0 Å². The summed E-state index contributed by atoms with van der Waals surface area (Å²) in [6, 6.07) is 4.34. The van der Waals surface area contributed by atoms with Crippen LogP contribution in [-0.4, -0.2) is 28.1 Å². The van der Waals surface area contributed by atoms with Crippen molar-refractivity contribution in [2.75, 3.05) is 0 Å². The van der Waals surface area contributed by atoms with Crippen molar-refractivity contribution >= 4 is 5.97 Å². The zero-order chi connectivity index (χ0) is 15.0. The molecule has 3 nitrogen and oxygen atoms in total. The maximum Gasteiger partial charge on any atom is 0.303 e. The summed E-state index contributed by atoms with van der Waals surface area (Å²) in [6.45, 7) is 0.545. The summed E-state index contributed by atoms with van der Waals surface area (Å²) in [5, 5.41) is 8.92. The summed E-state index contributed by atoms with van der Waals surface area (Å²) in [6.07, 6.45) is 4.09. The van der Waals surface area contributed by atoms with Gasteiger partial charge >= 0.3 is 5.97 Å². The van der Waals surface area contributed by atoms with E-state index in [9.17, 15) is 13.6 Å². The minimum absolute atomic E-state index is 0.232. The molecule has 3 rings (SSSR count). The Labute approximate surface area is 122 Å². The van der Waals surface area contributed by atoms with Gasteiger partial charge in [0.05, 0.1) is 0 Å². The maximum absolute atomic E-state index is 13.3. The molecule has 2 aliphatic heterocycles. The van der Waals surface area contributed by atoms with E-state index in [2.05, 4.69) is 4.90 Å². The molecule has 2 fully saturated rings. The molecule has 2 unspecified atom stereocenters. The van der Waals surface area contributed by atoms with Crippen molar-refractivity contribution < 1.29 is 18.7 Å². The molecular weight excluding hydrogens is 276 g/mol. The summed E-state index contributed by atoms with van der Waals surface area (Å²) in [5.74, 6) is -1.59. The van der Waals surface area contributed by atoms with Crippen LogP contribution < -0.4 is 0 Å². The summed E-state index contributed by atoms with van der Waals surface area (Å²) in [4.78, 5) is 13.2. The van der Waals surface area contributed by atoms with E-state index >= 15 is 0 Å². The number of hydrogen-bond acceptors (Lipinski definition) is 2. The molecule has 0 saturated carbocycles. The molecule has 0 aliphatic carbocycles. The predicted octanol–water partition coefficient (Wildman–Crippen LogP) is 3.18. The molecular formula is C16H19F2NO2. The van der Waals surface area contributed by atoms with Crippen LogP contribution in [-0.2, 0) is 11.3 Å². The average molecular weight is 295 g/mol. The average Bonchev–Trinajstić information content (AvgIpc) is 2.61. The van der Waals surface area contributed by atoms with E-state index in [0.29, 0.717) is 24.2 Å². The van der Waals surface area contributed by atoms with Gasteiger partial charge in [0.1, 0.15) is 11.6 Å². The molecule has 2 atom stereocenters. The first-order chi connectivity index (χ1) is 10.0. The van der Waals surface area contributed by atoms with Crippen molar-refractivity contribution in [2.24, 2.45) is 5.92 Å². The monoisotopic (exact) mass is 295 g/mol. The van der Waals surface area contributed by atoms with Gasteiger partial charge in [-0.3, -0.25) is 9.69 Å². The number of carboxylic acid groups (broad SMARTS) is 1. The molecule has 1 aromatic rings. The highest BCUT2D eigenvalue weighted by Gasteiger charge is 2.40. The number of carboxylic acids is 1. The third-order valence-corrected chi connectivity index (χ3v) is 4.73. The number of halogens is 2. The van der Waals surface area contributed by atoms with Crippen LogP contribution in [0.1, 0.15) is 37.7 Å². The first-order valence-corrected chi connectivity index (χ1v) is 7.44. The van der Waals surface area contributed by atoms with Crippen molar-refractivity contribution in [3.63, 3.8) is 0 Å². The number of piperidine rings is 1. The molecule has 0 radical (unpaired) electrons. The summed E-state index contributed by atoms with van der Waals surface area (Å²) >= 11 is 0. The fraction of sp³-hybridized carbons (Fsp3) is 0.562. The Morgan fingerprint density at radius 1 is 1.14 bits per heavy atom. The molecule has 2 saturated heterocycles. The van der Waals surface area contributed by atoms with Crippen LogP contribution in [0.4, 0.5) is 8.78 Å². The Morgan fingerprint density at radius 2 is 1.71 bits per heavy atom. The molecule has 2 heterocycles. The van der Waals surface area contributed by atoms with E-state index in [1.165, 1.54) is 12.1 Å². The minimum atomic E-state index is -0.736. The van der Waals surface area contributed by atoms with E-state index in [4.69, 9.17) is 5.11 Å². The van der Waals surface area contributed by atoms with Crippen molar-refractivity contribution in [3.8, 4) is 0 Å². The Hall–Kier alpha value is -1.49. The van der Waals surface area contributed by atoms with Gasteiger partial charge in [-0.1, -0.05) is 0 Å². The second kappa shape index (κ2) is 5.72. The van der Waals surface area contributed by atoms with E-state index in [-0.39, 0.29) is 12.3 Å². The Balaban J connectivity index is 1.69. The van der Waals surface area contributed by atoms with Gasteiger partial charge in [-0.2, -0.15) is 0 Å². The smallest absolute Gasteiger partial charge is 0.303 e. The fourth-order valence-corrected chi connectivity index (χ4v) is 3.97. The molecule has 0 spiro atoms. The van der Waals surface area contributed by atoms with Crippen molar-refractivity contribution in [1.29, 1.82) is 0 Å². The molecule has 1 aromatic carbocycles. The zero-order valence-corrected chi connectivity index (χ0v) is 11.8. The molecule has 0 amide bonds. The molecule has 0 aromatic heterocycles. The number of benzene rings is 1. The van der Waals surface area contributed by atoms with Gasteiger partial charge in [0.25, 0.3) is 0 Å². The summed E-state index contributed by atoms with van der Waals surface area (Å²) < 4.78 is 26.5. The summed E-state index contributed by atoms with van der Waals surface area (Å²) in [5.41, 5.74) is 0.654. The third-order valence-electron chi connectivity index (χ3n) is 4.73. The van der Waals surface area contributed by atoms with Gasteiger partial charge in [0.15, 0.2) is 0 Å². The van der Waals surface area contributed by atoms with E-state index < -0.39 is 17.6 Å². The fourth-order valence-electron chi connectivity index (χ4n) is 3.97. The lowest BCUT2D eigenvalue weighted by Gasteiger charge is -2.38. The lowest BCUT2D eigenvalue weighted by atomic mass is 9.88. The SMILES string of the molecule is O=C(O)CC1CC2CCC(C1)N2Cc1cc(F)cc(F)c1. The van der Waals surface area contributed by atoms with Crippen molar-refractivity contribution in [1.82, 2.24) is 4.90 Å². The lowest BCUT2D eigenvalue weighted by molar-refractivity contribution is -0.138. The van der Waals surface area contributed by atoms with Gasteiger partial charge in [0, 0.05) is 31.1 Å². The van der Waals surface area contributed by atoms with Crippen molar-refractivity contribution in [3.05, 3.63) is 35.4 Å². The first kappa shape index (κ1) is 14.4.